The number of nitrogens with zero attached hydrogens (tertiary/aromatic N) is 3. The molecule has 2 amide bonds. The lowest BCUT2D eigenvalue weighted by atomic mass is 9.95. The van der Waals surface area contributed by atoms with Gasteiger partial charge >= 0.3 is 6.03 Å². The number of pyridine rings is 1. The minimum Gasteiger partial charge on any atom is -0.331 e. The molecule has 116 valence electrons. The summed E-state index contributed by atoms with van der Waals surface area (Å²) in [4.78, 5) is 20.1. The number of carbonyl (C=O) groups excluding carboxylic acids is 1. The number of carbonyl (C=O) groups is 1. The van der Waals surface area contributed by atoms with Crippen molar-refractivity contribution in [1.82, 2.24) is 14.8 Å². The molecule has 0 atom stereocenters. The SMILES string of the molecule is Cc1cccc(C#C/C=C2\CCN(C(=O)N(C)C)C2(C)C)n1. The quantitative estimate of drug-likeness (QED) is 0.690. The molecular weight excluding hydrogens is 274 g/mol. The second-order valence-electron chi connectivity index (χ2n) is 6.24. The van der Waals surface area contributed by atoms with E-state index in [0.29, 0.717) is 0 Å². The van der Waals surface area contributed by atoms with Gasteiger partial charge in [-0.05, 0) is 56.9 Å². The van der Waals surface area contributed by atoms with Crippen LogP contribution in [0.4, 0.5) is 4.79 Å². The van der Waals surface area contributed by atoms with Crippen LogP contribution in [0.25, 0.3) is 0 Å². The van der Waals surface area contributed by atoms with Crippen LogP contribution < -0.4 is 0 Å². The van der Waals surface area contributed by atoms with Crippen molar-refractivity contribution < 1.29 is 4.79 Å². The van der Waals surface area contributed by atoms with Gasteiger partial charge in [0.1, 0.15) is 5.69 Å². The Kier molecular flexibility index (Phi) is 4.56. The Bertz CT molecular complexity index is 662. The van der Waals surface area contributed by atoms with Gasteiger partial charge in [0.2, 0.25) is 0 Å². The maximum atomic E-state index is 12.2. The van der Waals surface area contributed by atoms with E-state index in [-0.39, 0.29) is 11.6 Å². The van der Waals surface area contributed by atoms with Gasteiger partial charge in [0, 0.05) is 26.3 Å². The lowest BCUT2D eigenvalue weighted by Gasteiger charge is -2.34. The van der Waals surface area contributed by atoms with Crippen LogP contribution in [-0.4, -0.2) is 47.0 Å². The summed E-state index contributed by atoms with van der Waals surface area (Å²) in [5.74, 6) is 6.15. The first-order valence-corrected chi connectivity index (χ1v) is 7.46. The third-order valence-electron chi connectivity index (χ3n) is 4.01. The van der Waals surface area contributed by atoms with E-state index in [0.717, 1.165) is 24.4 Å². The van der Waals surface area contributed by atoms with Gasteiger partial charge in [-0.2, -0.15) is 0 Å². The van der Waals surface area contributed by atoms with Crippen LogP contribution in [0, 0.1) is 18.8 Å². The molecule has 0 saturated carbocycles. The molecule has 0 aromatic carbocycles. The van der Waals surface area contributed by atoms with Gasteiger partial charge in [-0.15, -0.1) is 0 Å². The molecule has 0 bridgehead atoms. The zero-order valence-corrected chi connectivity index (χ0v) is 14.0. The van der Waals surface area contributed by atoms with Gasteiger partial charge < -0.3 is 9.80 Å². The van der Waals surface area contributed by atoms with Crippen LogP contribution in [0.2, 0.25) is 0 Å². The van der Waals surface area contributed by atoms with Gasteiger partial charge in [-0.1, -0.05) is 12.0 Å². The normalized spacial score (nSPS) is 18.0. The van der Waals surface area contributed by atoms with E-state index in [2.05, 4.69) is 30.7 Å². The maximum Gasteiger partial charge on any atom is 0.320 e. The molecule has 1 aliphatic rings. The summed E-state index contributed by atoms with van der Waals surface area (Å²) in [7, 11) is 3.56. The molecule has 1 fully saturated rings. The van der Waals surface area contributed by atoms with E-state index in [1.165, 1.54) is 5.57 Å². The van der Waals surface area contributed by atoms with Crippen LogP contribution in [0.5, 0.6) is 0 Å². The van der Waals surface area contributed by atoms with Crippen molar-refractivity contribution in [3.63, 3.8) is 0 Å². The molecule has 0 N–H and O–H groups in total. The number of hydrogen-bond acceptors (Lipinski definition) is 2. The highest BCUT2D eigenvalue weighted by atomic mass is 16.2. The Morgan fingerprint density at radius 1 is 1.41 bits per heavy atom. The first-order chi connectivity index (χ1) is 10.3. The number of rotatable bonds is 0. The highest BCUT2D eigenvalue weighted by Gasteiger charge is 2.39. The summed E-state index contributed by atoms with van der Waals surface area (Å²) in [6.07, 6.45) is 2.80. The summed E-state index contributed by atoms with van der Waals surface area (Å²) in [5.41, 5.74) is 2.62. The van der Waals surface area contributed by atoms with Gasteiger partial charge in [0.25, 0.3) is 0 Å². The molecule has 0 radical (unpaired) electrons. The molecule has 4 heteroatoms. The molecule has 22 heavy (non-hydrogen) atoms. The standard InChI is InChI=1S/C18H23N3O/c1-14-8-6-10-16(19-14)11-7-9-15-12-13-21(18(15,2)3)17(22)20(4)5/h6,8-10H,12-13H2,1-5H3/b15-9+. The van der Waals surface area contributed by atoms with E-state index < -0.39 is 0 Å². The molecule has 1 aromatic rings. The van der Waals surface area contributed by atoms with Gasteiger partial charge in [0.05, 0.1) is 5.54 Å². The zero-order chi connectivity index (χ0) is 16.3. The average molecular weight is 297 g/mol. The lowest BCUT2D eigenvalue weighted by molar-refractivity contribution is 0.149. The Labute approximate surface area is 132 Å². The maximum absolute atomic E-state index is 12.2. The Morgan fingerprint density at radius 3 is 2.77 bits per heavy atom. The Morgan fingerprint density at radius 2 is 2.14 bits per heavy atom. The van der Waals surface area contributed by atoms with E-state index in [9.17, 15) is 4.79 Å². The Balaban J connectivity index is 2.19. The summed E-state index contributed by atoms with van der Waals surface area (Å²) in [6.45, 7) is 6.83. The molecule has 2 rings (SSSR count). The topological polar surface area (TPSA) is 36.4 Å². The van der Waals surface area contributed by atoms with Crippen molar-refractivity contribution in [2.24, 2.45) is 0 Å². The fourth-order valence-corrected chi connectivity index (χ4v) is 2.63. The largest absolute Gasteiger partial charge is 0.331 e. The second-order valence-corrected chi connectivity index (χ2v) is 6.24. The van der Waals surface area contributed by atoms with Gasteiger partial charge in [-0.3, -0.25) is 0 Å². The predicted octanol–water partition coefficient (Wildman–Crippen LogP) is 2.83. The highest BCUT2D eigenvalue weighted by molar-refractivity contribution is 5.76. The van der Waals surface area contributed by atoms with E-state index in [1.807, 2.05) is 36.1 Å². The Hall–Kier alpha value is -2.28. The van der Waals surface area contributed by atoms with E-state index in [1.54, 1.807) is 19.0 Å². The summed E-state index contributed by atoms with van der Waals surface area (Å²) >= 11 is 0. The van der Waals surface area contributed by atoms with Crippen molar-refractivity contribution in [2.45, 2.75) is 32.7 Å². The van der Waals surface area contributed by atoms with Gasteiger partial charge in [0.15, 0.2) is 0 Å². The van der Waals surface area contributed by atoms with Crippen molar-refractivity contribution in [2.75, 3.05) is 20.6 Å². The lowest BCUT2D eigenvalue weighted by Crippen LogP contribution is -2.48. The monoisotopic (exact) mass is 297 g/mol. The number of hydrogen-bond donors (Lipinski definition) is 0. The number of aromatic nitrogens is 1. The molecule has 0 aliphatic carbocycles. The molecule has 4 nitrogen and oxygen atoms in total. The predicted molar refractivity (Wildman–Crippen MR) is 88.4 cm³/mol. The van der Waals surface area contributed by atoms with Crippen LogP contribution in [0.1, 0.15) is 31.7 Å². The zero-order valence-electron chi connectivity index (χ0n) is 14.0. The second kappa shape index (κ2) is 6.23. The molecule has 1 aliphatic heterocycles. The van der Waals surface area contributed by atoms with E-state index in [4.69, 9.17) is 0 Å². The van der Waals surface area contributed by atoms with Crippen LogP contribution in [-0.2, 0) is 0 Å². The minimum atomic E-state index is -0.296. The molecule has 0 spiro atoms. The van der Waals surface area contributed by atoms with Crippen molar-refractivity contribution in [1.29, 1.82) is 0 Å². The van der Waals surface area contributed by atoms with Gasteiger partial charge in [-0.25, -0.2) is 9.78 Å². The number of allylic oxidation sites excluding steroid dienone is 1. The van der Waals surface area contributed by atoms with Crippen LogP contribution >= 0.6 is 0 Å². The van der Waals surface area contributed by atoms with E-state index >= 15 is 0 Å². The number of urea groups is 1. The van der Waals surface area contributed by atoms with Crippen molar-refractivity contribution in [3.05, 3.63) is 41.2 Å². The first kappa shape index (κ1) is 16.1. The molecule has 0 unspecified atom stereocenters. The molecular formula is C18H23N3O. The number of amides is 2. The van der Waals surface area contributed by atoms with Crippen molar-refractivity contribution >= 4 is 6.03 Å². The number of likely N-dealkylation sites (tertiary alicyclic amines) is 1. The third kappa shape index (κ3) is 3.30. The smallest absolute Gasteiger partial charge is 0.320 e. The average Bonchev–Trinajstić information content (AvgIpc) is 2.73. The molecule has 1 aromatic heterocycles. The fraction of sp³-hybridized carbons (Fsp3) is 0.444. The summed E-state index contributed by atoms with van der Waals surface area (Å²) in [5, 5.41) is 0. The first-order valence-electron chi connectivity index (χ1n) is 7.46. The molecule has 1 saturated heterocycles. The fourth-order valence-electron chi connectivity index (χ4n) is 2.63. The highest BCUT2D eigenvalue weighted by Crippen LogP contribution is 2.34. The summed E-state index contributed by atoms with van der Waals surface area (Å²) in [6, 6.07) is 5.85. The molecule has 2 heterocycles. The third-order valence-corrected chi connectivity index (χ3v) is 4.01. The summed E-state index contributed by atoms with van der Waals surface area (Å²) < 4.78 is 0. The van der Waals surface area contributed by atoms with Crippen molar-refractivity contribution in [3.8, 4) is 11.8 Å². The van der Waals surface area contributed by atoms with Crippen LogP contribution in [0.15, 0.2) is 29.8 Å². The van der Waals surface area contributed by atoms with Crippen LogP contribution in [0.3, 0.4) is 0 Å². The number of aryl methyl sites for hydroxylation is 1. The minimum absolute atomic E-state index is 0.0433.